The molecular weight excluding hydrogens is 238 g/mol. The summed E-state index contributed by atoms with van der Waals surface area (Å²) in [7, 11) is 2.12. The lowest BCUT2D eigenvalue weighted by Crippen LogP contribution is -2.22. The molecule has 0 aliphatic rings. The molecule has 0 saturated heterocycles. The van der Waals surface area contributed by atoms with Crippen LogP contribution in [0.1, 0.15) is 22.5 Å². The van der Waals surface area contributed by atoms with Gasteiger partial charge in [-0.05, 0) is 37.7 Å². The minimum Gasteiger partial charge on any atom is -0.306 e. The summed E-state index contributed by atoms with van der Waals surface area (Å²) in [6.07, 6.45) is 3.75. The number of carbonyl (C=O) groups excluding carboxylic acids is 1. The van der Waals surface area contributed by atoms with Crippen LogP contribution < -0.4 is 0 Å². The van der Waals surface area contributed by atoms with Gasteiger partial charge in [0.1, 0.15) is 0 Å². The predicted molar refractivity (Wildman–Crippen MR) is 73.8 cm³/mol. The van der Waals surface area contributed by atoms with Gasteiger partial charge < -0.3 is 4.90 Å². The fraction of sp³-hybridized carbons (Fsp3) is 0.583. The number of thiophene rings is 1. The van der Waals surface area contributed by atoms with E-state index >= 15 is 0 Å². The van der Waals surface area contributed by atoms with Gasteiger partial charge in [0, 0.05) is 18.7 Å². The zero-order chi connectivity index (χ0) is 11.8. The molecule has 0 aliphatic carbocycles. The summed E-state index contributed by atoms with van der Waals surface area (Å²) in [5, 5.41) is 1.96. The van der Waals surface area contributed by atoms with Gasteiger partial charge in [-0.15, -0.1) is 11.3 Å². The maximum atomic E-state index is 11.7. The van der Waals surface area contributed by atoms with Crippen LogP contribution in [0, 0.1) is 0 Å². The maximum Gasteiger partial charge on any atom is 0.172 e. The van der Waals surface area contributed by atoms with E-state index < -0.39 is 0 Å². The second-order valence-corrected chi connectivity index (χ2v) is 5.73. The Morgan fingerprint density at radius 2 is 2.31 bits per heavy atom. The topological polar surface area (TPSA) is 20.3 Å². The fourth-order valence-electron chi connectivity index (χ4n) is 1.43. The Kier molecular flexibility index (Phi) is 6.76. The standard InChI is InChI=1S/C12H19NOS2/c1-13(8-10-15-2)7-3-5-11(14)12-6-4-9-16-12/h4,6,9H,3,5,7-8,10H2,1-2H3. The van der Waals surface area contributed by atoms with Crippen molar-refractivity contribution in [3.8, 4) is 0 Å². The summed E-state index contributed by atoms with van der Waals surface area (Å²) < 4.78 is 0. The Bertz CT molecular complexity index is 298. The Balaban J connectivity index is 2.13. The lowest BCUT2D eigenvalue weighted by Gasteiger charge is -2.14. The van der Waals surface area contributed by atoms with E-state index in [1.165, 1.54) is 11.3 Å². The molecule has 0 radical (unpaired) electrons. The summed E-state index contributed by atoms with van der Waals surface area (Å²) in [6.45, 7) is 2.12. The third kappa shape index (κ3) is 5.14. The smallest absolute Gasteiger partial charge is 0.172 e. The summed E-state index contributed by atoms with van der Waals surface area (Å²) >= 11 is 3.40. The van der Waals surface area contributed by atoms with Crippen LogP contribution in [0.5, 0.6) is 0 Å². The number of hydrogen-bond donors (Lipinski definition) is 0. The molecule has 90 valence electrons. The lowest BCUT2D eigenvalue weighted by molar-refractivity contribution is 0.0980. The lowest BCUT2D eigenvalue weighted by atomic mass is 10.2. The molecule has 1 aromatic heterocycles. The summed E-state index contributed by atoms with van der Waals surface area (Å²) in [5.74, 6) is 1.45. The Morgan fingerprint density at radius 1 is 1.50 bits per heavy atom. The molecule has 0 aliphatic heterocycles. The second-order valence-electron chi connectivity index (χ2n) is 3.80. The first-order valence-corrected chi connectivity index (χ1v) is 7.75. The van der Waals surface area contributed by atoms with Crippen molar-refractivity contribution in [3.05, 3.63) is 22.4 Å². The fourth-order valence-corrected chi connectivity index (χ4v) is 2.62. The molecule has 0 amide bonds. The average Bonchev–Trinajstić information content (AvgIpc) is 2.79. The van der Waals surface area contributed by atoms with E-state index in [2.05, 4.69) is 18.2 Å². The molecule has 0 fully saturated rings. The van der Waals surface area contributed by atoms with E-state index in [0.29, 0.717) is 6.42 Å². The number of thioether (sulfide) groups is 1. The zero-order valence-electron chi connectivity index (χ0n) is 9.94. The largest absolute Gasteiger partial charge is 0.306 e. The van der Waals surface area contributed by atoms with Gasteiger partial charge >= 0.3 is 0 Å². The predicted octanol–water partition coefficient (Wildman–Crippen LogP) is 3.01. The van der Waals surface area contributed by atoms with Crippen molar-refractivity contribution in [2.75, 3.05) is 32.1 Å². The van der Waals surface area contributed by atoms with Crippen LogP contribution in [-0.4, -0.2) is 42.8 Å². The van der Waals surface area contributed by atoms with Crippen LogP contribution in [0.25, 0.3) is 0 Å². The Labute approximate surface area is 106 Å². The molecule has 0 N–H and O–H groups in total. The highest BCUT2D eigenvalue weighted by molar-refractivity contribution is 7.98. The van der Waals surface area contributed by atoms with Gasteiger partial charge in [-0.1, -0.05) is 6.07 Å². The van der Waals surface area contributed by atoms with Crippen LogP contribution in [0.3, 0.4) is 0 Å². The summed E-state index contributed by atoms with van der Waals surface area (Å²) in [4.78, 5) is 14.9. The molecule has 2 nitrogen and oxygen atoms in total. The monoisotopic (exact) mass is 257 g/mol. The molecule has 0 unspecified atom stereocenters. The Morgan fingerprint density at radius 3 is 2.94 bits per heavy atom. The highest BCUT2D eigenvalue weighted by Gasteiger charge is 2.06. The van der Waals surface area contributed by atoms with Crippen molar-refractivity contribution in [1.29, 1.82) is 0 Å². The first-order chi connectivity index (χ1) is 7.74. The number of carbonyl (C=O) groups is 1. The molecule has 1 rings (SSSR count). The van der Waals surface area contributed by atoms with Gasteiger partial charge in [-0.3, -0.25) is 4.79 Å². The van der Waals surface area contributed by atoms with Crippen molar-refractivity contribution in [2.24, 2.45) is 0 Å². The van der Waals surface area contributed by atoms with Crippen molar-refractivity contribution in [3.63, 3.8) is 0 Å². The van der Waals surface area contributed by atoms with E-state index in [4.69, 9.17) is 0 Å². The van der Waals surface area contributed by atoms with E-state index in [0.717, 1.165) is 30.1 Å². The van der Waals surface area contributed by atoms with E-state index in [-0.39, 0.29) is 5.78 Å². The minimum atomic E-state index is 0.285. The number of Topliss-reactive ketones (excluding diaryl/α,β-unsaturated/α-hetero) is 1. The molecule has 1 heterocycles. The molecule has 1 aromatic rings. The van der Waals surface area contributed by atoms with Crippen molar-refractivity contribution < 1.29 is 4.79 Å². The Hall–Kier alpha value is -0.320. The van der Waals surface area contributed by atoms with Crippen molar-refractivity contribution in [2.45, 2.75) is 12.8 Å². The normalized spacial score (nSPS) is 10.9. The van der Waals surface area contributed by atoms with Gasteiger partial charge in [0.2, 0.25) is 0 Å². The average molecular weight is 257 g/mol. The molecule has 16 heavy (non-hydrogen) atoms. The number of hydrogen-bond acceptors (Lipinski definition) is 4. The summed E-state index contributed by atoms with van der Waals surface area (Å²) in [6, 6.07) is 3.84. The van der Waals surface area contributed by atoms with Crippen LogP contribution in [0.4, 0.5) is 0 Å². The van der Waals surface area contributed by atoms with Crippen molar-refractivity contribution >= 4 is 28.9 Å². The minimum absolute atomic E-state index is 0.285. The molecule has 0 bridgehead atoms. The third-order valence-corrected chi connectivity index (χ3v) is 3.92. The highest BCUT2D eigenvalue weighted by atomic mass is 32.2. The van der Waals surface area contributed by atoms with E-state index in [1.54, 1.807) is 0 Å². The van der Waals surface area contributed by atoms with Gasteiger partial charge in [-0.2, -0.15) is 11.8 Å². The molecule has 0 atom stereocenters. The van der Waals surface area contributed by atoms with E-state index in [9.17, 15) is 4.79 Å². The van der Waals surface area contributed by atoms with Gasteiger partial charge in [0.25, 0.3) is 0 Å². The van der Waals surface area contributed by atoms with Gasteiger partial charge in [-0.25, -0.2) is 0 Å². The second kappa shape index (κ2) is 7.87. The molecule has 0 spiro atoms. The number of ketones is 1. The number of rotatable bonds is 8. The van der Waals surface area contributed by atoms with Crippen LogP contribution in [-0.2, 0) is 0 Å². The van der Waals surface area contributed by atoms with Crippen LogP contribution in [0.15, 0.2) is 17.5 Å². The third-order valence-electron chi connectivity index (χ3n) is 2.42. The first kappa shape index (κ1) is 13.7. The van der Waals surface area contributed by atoms with Crippen LogP contribution >= 0.6 is 23.1 Å². The molecule has 0 saturated carbocycles. The first-order valence-electron chi connectivity index (χ1n) is 5.48. The molecular formula is C12H19NOS2. The molecule has 0 aromatic carbocycles. The zero-order valence-corrected chi connectivity index (χ0v) is 11.6. The van der Waals surface area contributed by atoms with Gasteiger partial charge in [0.15, 0.2) is 5.78 Å². The quantitative estimate of drug-likeness (QED) is 0.668. The number of nitrogens with zero attached hydrogens (tertiary/aromatic N) is 1. The maximum absolute atomic E-state index is 11.7. The summed E-state index contributed by atoms with van der Waals surface area (Å²) in [5.41, 5.74) is 0. The van der Waals surface area contributed by atoms with E-state index in [1.807, 2.05) is 29.3 Å². The SMILES string of the molecule is CSCCN(C)CCCC(=O)c1cccs1. The highest BCUT2D eigenvalue weighted by Crippen LogP contribution is 2.12. The van der Waals surface area contributed by atoms with Crippen molar-refractivity contribution in [1.82, 2.24) is 4.90 Å². The van der Waals surface area contributed by atoms with Crippen LogP contribution in [0.2, 0.25) is 0 Å². The molecule has 4 heteroatoms. The van der Waals surface area contributed by atoms with Gasteiger partial charge in [0.05, 0.1) is 4.88 Å².